The summed E-state index contributed by atoms with van der Waals surface area (Å²) in [5.41, 5.74) is 0.818. The van der Waals surface area contributed by atoms with Crippen LogP contribution in [-0.2, 0) is 13.1 Å². The fourth-order valence-electron chi connectivity index (χ4n) is 3.94. The van der Waals surface area contributed by atoms with Crippen molar-refractivity contribution in [3.8, 4) is 0 Å². The molecule has 1 fully saturated rings. The van der Waals surface area contributed by atoms with E-state index in [2.05, 4.69) is 33.6 Å². The molecule has 0 radical (unpaired) electrons. The second-order valence-electron chi connectivity index (χ2n) is 7.35. The van der Waals surface area contributed by atoms with Gasteiger partial charge in [-0.2, -0.15) is 4.98 Å². The van der Waals surface area contributed by atoms with Crippen LogP contribution in [0.5, 0.6) is 0 Å². The summed E-state index contributed by atoms with van der Waals surface area (Å²) >= 11 is 1.71. The number of fused-ring (bicyclic) bond motifs is 3. The Morgan fingerprint density at radius 3 is 2.82 bits per heavy atom. The van der Waals surface area contributed by atoms with Crippen LogP contribution in [0.25, 0.3) is 0 Å². The van der Waals surface area contributed by atoms with Crippen molar-refractivity contribution in [3.05, 3.63) is 15.9 Å². The van der Waals surface area contributed by atoms with Crippen LogP contribution in [0.4, 0.5) is 5.82 Å². The highest BCUT2D eigenvalue weighted by molar-refractivity contribution is 8.00. The molecule has 1 saturated carbocycles. The van der Waals surface area contributed by atoms with E-state index in [1.54, 1.807) is 11.8 Å². The molecule has 0 unspecified atom stereocenters. The highest BCUT2D eigenvalue weighted by Crippen LogP contribution is 2.41. The lowest BCUT2D eigenvalue weighted by Gasteiger charge is -2.38. The zero-order valence-corrected chi connectivity index (χ0v) is 14.2. The van der Waals surface area contributed by atoms with Crippen molar-refractivity contribution in [3.63, 3.8) is 0 Å². The Morgan fingerprint density at radius 1 is 1.27 bits per heavy atom. The summed E-state index contributed by atoms with van der Waals surface area (Å²) < 4.78 is 2.32. The Bertz CT molecular complexity index is 648. The van der Waals surface area contributed by atoms with Crippen LogP contribution >= 0.6 is 11.8 Å². The number of thioether (sulfide) groups is 1. The smallest absolute Gasteiger partial charge is 0.280 e. The minimum Gasteiger partial charge on any atom is -0.358 e. The van der Waals surface area contributed by atoms with E-state index in [9.17, 15) is 4.79 Å². The number of hydrogen-bond donors (Lipinski definition) is 1. The maximum Gasteiger partial charge on any atom is 0.280 e. The number of hydrogen-bond acceptors (Lipinski definition) is 5. The van der Waals surface area contributed by atoms with Crippen LogP contribution in [0.1, 0.15) is 51.5 Å². The molecule has 5 nitrogen and oxygen atoms in total. The Balaban J connectivity index is 1.65. The first-order valence-electron chi connectivity index (χ1n) is 8.34. The van der Waals surface area contributed by atoms with Gasteiger partial charge in [-0.1, -0.05) is 31.0 Å². The number of anilines is 1. The van der Waals surface area contributed by atoms with Crippen molar-refractivity contribution in [1.29, 1.82) is 0 Å². The first kappa shape index (κ1) is 14.6. The number of rotatable bonds is 1. The lowest BCUT2D eigenvalue weighted by molar-refractivity contribution is 0.151. The molecule has 0 saturated heterocycles. The third kappa shape index (κ3) is 2.46. The van der Waals surface area contributed by atoms with Crippen LogP contribution in [-0.4, -0.2) is 31.9 Å². The van der Waals surface area contributed by atoms with E-state index in [4.69, 9.17) is 0 Å². The number of aromatic nitrogens is 2. The zero-order valence-electron chi connectivity index (χ0n) is 13.4. The predicted octanol–water partition coefficient (Wildman–Crippen LogP) is 2.65. The molecule has 0 aromatic carbocycles. The Hall–Kier alpha value is -1.01. The molecule has 1 aromatic rings. The third-order valence-corrected chi connectivity index (χ3v) is 6.23. The van der Waals surface area contributed by atoms with Crippen molar-refractivity contribution in [2.75, 3.05) is 12.0 Å². The van der Waals surface area contributed by atoms with Crippen molar-refractivity contribution >= 4 is 17.6 Å². The summed E-state index contributed by atoms with van der Waals surface area (Å²) in [5, 5.41) is 4.39. The van der Waals surface area contributed by atoms with Crippen LogP contribution in [0.3, 0.4) is 0 Å². The molecule has 3 aliphatic rings. The molecule has 1 N–H and O–H groups in total. The minimum absolute atomic E-state index is 0.0422. The Labute approximate surface area is 135 Å². The molecule has 0 atom stereocenters. The first-order valence-corrected chi connectivity index (χ1v) is 9.16. The fourth-order valence-corrected chi connectivity index (χ4v) is 5.03. The van der Waals surface area contributed by atoms with Gasteiger partial charge in [-0.15, -0.1) is 0 Å². The second-order valence-corrected chi connectivity index (χ2v) is 9.02. The molecule has 1 aliphatic carbocycles. The van der Waals surface area contributed by atoms with Crippen molar-refractivity contribution in [2.45, 2.75) is 75.0 Å². The molecule has 6 heteroatoms. The monoisotopic (exact) mass is 320 g/mol. The Morgan fingerprint density at radius 2 is 2.05 bits per heavy atom. The van der Waals surface area contributed by atoms with Crippen LogP contribution < -0.4 is 10.9 Å². The van der Waals surface area contributed by atoms with Gasteiger partial charge >= 0.3 is 0 Å². The zero-order chi connectivity index (χ0) is 15.3. The van der Waals surface area contributed by atoms with E-state index in [0.717, 1.165) is 36.3 Å². The molecule has 2 aliphatic heterocycles. The third-order valence-electron chi connectivity index (χ3n) is 5.05. The van der Waals surface area contributed by atoms with Gasteiger partial charge in [-0.05, 0) is 26.7 Å². The lowest BCUT2D eigenvalue weighted by atomic mass is 9.94. The molecule has 0 amide bonds. The van der Waals surface area contributed by atoms with Gasteiger partial charge in [0.2, 0.25) is 0 Å². The van der Waals surface area contributed by atoms with Crippen LogP contribution in [0.15, 0.2) is 9.95 Å². The van der Waals surface area contributed by atoms with Gasteiger partial charge in [0, 0.05) is 23.9 Å². The molecule has 4 rings (SSSR count). The van der Waals surface area contributed by atoms with E-state index in [1.165, 1.54) is 32.1 Å². The minimum atomic E-state index is -0.0422. The summed E-state index contributed by atoms with van der Waals surface area (Å²) in [5.74, 6) is 1.01. The van der Waals surface area contributed by atoms with Crippen molar-refractivity contribution < 1.29 is 0 Å². The van der Waals surface area contributed by atoms with Gasteiger partial charge in [-0.3, -0.25) is 9.69 Å². The number of nitrogens with zero attached hydrogens (tertiary/aromatic N) is 3. The maximum atomic E-state index is 12.5. The van der Waals surface area contributed by atoms with E-state index in [1.807, 2.05) is 0 Å². The quantitative estimate of drug-likeness (QED) is 0.806. The van der Waals surface area contributed by atoms with E-state index in [-0.39, 0.29) is 10.3 Å². The van der Waals surface area contributed by atoms with Gasteiger partial charge in [-0.25, -0.2) is 0 Å². The molecule has 0 bridgehead atoms. The average Bonchev–Trinajstić information content (AvgIpc) is 2.82. The van der Waals surface area contributed by atoms with Crippen molar-refractivity contribution in [1.82, 2.24) is 14.5 Å². The predicted molar refractivity (Wildman–Crippen MR) is 89.3 cm³/mol. The average molecular weight is 320 g/mol. The lowest BCUT2D eigenvalue weighted by Crippen LogP contribution is -2.45. The number of nitrogens with one attached hydrogen (secondary N) is 1. The van der Waals surface area contributed by atoms with Crippen molar-refractivity contribution in [2.24, 2.45) is 0 Å². The SMILES string of the molecule is CC1(C)Cn2c(nc(=O)c3c2NCN(C2CCCCC2)C3)S1. The van der Waals surface area contributed by atoms with Crippen LogP contribution in [0, 0.1) is 0 Å². The summed E-state index contributed by atoms with van der Waals surface area (Å²) in [6.07, 6.45) is 6.53. The highest BCUT2D eigenvalue weighted by Gasteiger charge is 2.35. The van der Waals surface area contributed by atoms with Gasteiger partial charge in [0.15, 0.2) is 5.16 Å². The topological polar surface area (TPSA) is 50.2 Å². The summed E-state index contributed by atoms with van der Waals surface area (Å²) in [6, 6.07) is 0.623. The van der Waals surface area contributed by atoms with E-state index >= 15 is 0 Å². The van der Waals surface area contributed by atoms with Gasteiger partial charge in [0.05, 0.1) is 12.2 Å². The van der Waals surface area contributed by atoms with E-state index in [0.29, 0.717) is 6.04 Å². The highest BCUT2D eigenvalue weighted by atomic mass is 32.2. The summed E-state index contributed by atoms with van der Waals surface area (Å²) in [6.45, 7) is 6.94. The molecular formula is C16H24N4OS. The van der Waals surface area contributed by atoms with Crippen LogP contribution in [0.2, 0.25) is 0 Å². The Kier molecular flexibility index (Phi) is 3.49. The molecular weight excluding hydrogens is 296 g/mol. The standard InChI is InChI=1S/C16H24N4OS/c1-16(2)9-20-13-12(14(21)18-15(20)22-16)8-19(10-17-13)11-6-4-3-5-7-11/h11,17H,3-10H2,1-2H3. The molecule has 1 aromatic heterocycles. The normalized spacial score (nSPS) is 24.6. The summed E-state index contributed by atoms with van der Waals surface area (Å²) in [4.78, 5) is 19.2. The molecule has 3 heterocycles. The van der Waals surface area contributed by atoms with Gasteiger partial charge in [0.25, 0.3) is 5.56 Å². The molecule has 120 valence electrons. The maximum absolute atomic E-state index is 12.5. The second kappa shape index (κ2) is 5.27. The largest absolute Gasteiger partial charge is 0.358 e. The van der Waals surface area contributed by atoms with Gasteiger partial charge in [0.1, 0.15) is 5.82 Å². The summed E-state index contributed by atoms with van der Waals surface area (Å²) in [7, 11) is 0. The first-order chi connectivity index (χ1) is 10.5. The molecule has 22 heavy (non-hydrogen) atoms. The molecule has 0 spiro atoms. The fraction of sp³-hybridized carbons (Fsp3) is 0.750. The van der Waals surface area contributed by atoms with E-state index < -0.39 is 0 Å². The van der Waals surface area contributed by atoms with Gasteiger partial charge < -0.3 is 9.88 Å².